The fourth-order valence-corrected chi connectivity index (χ4v) is 2.79. The largest absolute Gasteiger partial charge is 0.484 e. The molecule has 2 aromatic rings. The van der Waals surface area contributed by atoms with Crippen molar-refractivity contribution in [3.63, 3.8) is 0 Å². The van der Waals surface area contributed by atoms with E-state index in [1.807, 2.05) is 52.0 Å². The number of anilines is 1. The molecule has 2 aromatic carbocycles. The predicted octanol–water partition coefficient (Wildman–Crippen LogP) is 3.82. The Bertz CT molecular complexity index is 901. The summed E-state index contributed by atoms with van der Waals surface area (Å²) in [5.74, 6) is -0.00756. The molecule has 0 spiro atoms. The van der Waals surface area contributed by atoms with Gasteiger partial charge in [-0.2, -0.15) is 5.26 Å². The molecule has 29 heavy (non-hydrogen) atoms. The second-order valence-corrected chi connectivity index (χ2v) is 7.00. The highest BCUT2D eigenvalue weighted by atomic mass is 16.5. The van der Waals surface area contributed by atoms with Gasteiger partial charge in [-0.15, -0.1) is 0 Å². The molecule has 0 aliphatic heterocycles. The van der Waals surface area contributed by atoms with E-state index in [2.05, 4.69) is 5.32 Å². The molecule has 2 rings (SSSR count). The van der Waals surface area contributed by atoms with Crippen molar-refractivity contribution in [1.29, 1.82) is 5.26 Å². The van der Waals surface area contributed by atoms with Gasteiger partial charge in [0, 0.05) is 11.7 Å². The van der Waals surface area contributed by atoms with Crippen LogP contribution in [0.5, 0.6) is 5.75 Å². The van der Waals surface area contributed by atoms with Crippen LogP contribution < -0.4 is 10.1 Å². The molecule has 0 bridgehead atoms. The highest BCUT2D eigenvalue weighted by Gasteiger charge is 2.22. The first-order valence-electron chi connectivity index (χ1n) is 9.64. The van der Waals surface area contributed by atoms with E-state index >= 15 is 0 Å². The summed E-state index contributed by atoms with van der Waals surface area (Å²) in [6, 6.07) is 14.2. The van der Waals surface area contributed by atoms with E-state index in [4.69, 9.17) is 10.00 Å². The molecule has 0 fully saturated rings. The van der Waals surface area contributed by atoms with Crippen molar-refractivity contribution >= 4 is 17.5 Å². The van der Waals surface area contributed by atoms with E-state index < -0.39 is 0 Å². The normalized spacial score (nSPS) is 11.3. The fraction of sp³-hybridized carbons (Fsp3) is 0.348. The van der Waals surface area contributed by atoms with Crippen LogP contribution in [-0.4, -0.2) is 35.9 Å². The summed E-state index contributed by atoms with van der Waals surface area (Å²) in [5, 5.41) is 11.7. The quantitative estimate of drug-likeness (QED) is 0.739. The summed E-state index contributed by atoms with van der Waals surface area (Å²) in [7, 11) is 0. The minimum absolute atomic E-state index is 0.0437. The zero-order valence-corrected chi connectivity index (χ0v) is 17.4. The molecule has 0 aromatic heterocycles. The lowest BCUT2D eigenvalue weighted by Gasteiger charge is -2.28. The fourth-order valence-electron chi connectivity index (χ4n) is 2.79. The van der Waals surface area contributed by atoms with Gasteiger partial charge in [0.05, 0.1) is 11.6 Å². The maximum Gasteiger partial charge on any atom is 0.261 e. The van der Waals surface area contributed by atoms with Gasteiger partial charge in [0.15, 0.2) is 6.61 Å². The summed E-state index contributed by atoms with van der Waals surface area (Å²) in [4.78, 5) is 26.8. The van der Waals surface area contributed by atoms with Gasteiger partial charge in [-0.1, -0.05) is 19.1 Å². The Kier molecular flexibility index (Phi) is 7.79. The lowest BCUT2D eigenvalue weighted by molar-refractivity contribution is -0.138. The number of rotatable bonds is 8. The monoisotopic (exact) mass is 393 g/mol. The Morgan fingerprint density at radius 3 is 2.48 bits per heavy atom. The molecule has 1 atom stereocenters. The molecular weight excluding hydrogens is 366 g/mol. The van der Waals surface area contributed by atoms with Gasteiger partial charge in [0.1, 0.15) is 12.3 Å². The van der Waals surface area contributed by atoms with E-state index in [1.54, 1.807) is 24.3 Å². The Morgan fingerprint density at radius 2 is 1.86 bits per heavy atom. The smallest absolute Gasteiger partial charge is 0.261 e. The molecule has 0 aliphatic carbocycles. The summed E-state index contributed by atoms with van der Waals surface area (Å²) >= 11 is 0. The van der Waals surface area contributed by atoms with Gasteiger partial charge in [-0.05, 0) is 68.7 Å². The third-order valence-corrected chi connectivity index (χ3v) is 4.98. The number of carbonyl (C=O) groups is 2. The van der Waals surface area contributed by atoms with Crippen LogP contribution in [0.15, 0.2) is 42.5 Å². The van der Waals surface area contributed by atoms with Crippen molar-refractivity contribution in [3.05, 3.63) is 59.2 Å². The molecule has 0 unspecified atom stereocenters. The first kappa shape index (κ1) is 22.0. The molecule has 2 amide bonds. The molecule has 0 aliphatic rings. The topological polar surface area (TPSA) is 82.4 Å². The Hall–Kier alpha value is -3.33. The summed E-state index contributed by atoms with van der Waals surface area (Å²) in [6.45, 7) is 7.60. The number of aryl methyl sites for hydroxylation is 1. The van der Waals surface area contributed by atoms with E-state index in [0.29, 0.717) is 11.3 Å². The Balaban J connectivity index is 2.01. The number of nitrogens with zero attached hydrogens (tertiary/aromatic N) is 2. The van der Waals surface area contributed by atoms with Crippen molar-refractivity contribution in [1.82, 2.24) is 4.90 Å². The number of nitriles is 1. The van der Waals surface area contributed by atoms with E-state index in [1.165, 1.54) is 4.90 Å². The van der Waals surface area contributed by atoms with Gasteiger partial charge >= 0.3 is 0 Å². The van der Waals surface area contributed by atoms with Crippen molar-refractivity contribution in [2.75, 3.05) is 18.5 Å². The van der Waals surface area contributed by atoms with Crippen molar-refractivity contribution in [3.8, 4) is 11.8 Å². The Labute approximate surface area is 172 Å². The number of hydrogen-bond donors (Lipinski definition) is 1. The minimum Gasteiger partial charge on any atom is -0.484 e. The number of amides is 2. The van der Waals surface area contributed by atoms with Crippen molar-refractivity contribution < 1.29 is 14.3 Å². The lowest BCUT2D eigenvalue weighted by Crippen LogP contribution is -2.45. The van der Waals surface area contributed by atoms with Gasteiger partial charge in [0.25, 0.3) is 5.91 Å². The molecule has 0 saturated carbocycles. The molecule has 0 saturated heterocycles. The molecule has 6 heteroatoms. The van der Waals surface area contributed by atoms with Crippen molar-refractivity contribution in [2.45, 2.75) is 40.2 Å². The van der Waals surface area contributed by atoms with Gasteiger partial charge in [0.2, 0.25) is 5.91 Å². The third-order valence-electron chi connectivity index (χ3n) is 4.98. The second kappa shape index (κ2) is 10.3. The molecular formula is C23H27N3O3. The van der Waals surface area contributed by atoms with Crippen LogP contribution in [0, 0.1) is 25.2 Å². The van der Waals surface area contributed by atoms with Crippen LogP contribution in [0.3, 0.4) is 0 Å². The van der Waals surface area contributed by atoms with Gasteiger partial charge in [-0.3, -0.25) is 9.59 Å². The van der Waals surface area contributed by atoms with Crippen LogP contribution in [-0.2, 0) is 9.59 Å². The zero-order chi connectivity index (χ0) is 21.4. The summed E-state index contributed by atoms with van der Waals surface area (Å²) in [5.41, 5.74) is 3.37. The molecule has 6 nitrogen and oxygen atoms in total. The average Bonchev–Trinajstić information content (AvgIpc) is 2.73. The minimum atomic E-state index is -0.264. The molecule has 0 radical (unpaired) electrons. The summed E-state index contributed by atoms with van der Waals surface area (Å²) < 4.78 is 5.55. The highest BCUT2D eigenvalue weighted by Crippen LogP contribution is 2.18. The van der Waals surface area contributed by atoms with Crippen molar-refractivity contribution in [2.24, 2.45) is 0 Å². The number of benzene rings is 2. The molecule has 0 heterocycles. The Morgan fingerprint density at radius 1 is 1.17 bits per heavy atom. The predicted molar refractivity (Wildman–Crippen MR) is 113 cm³/mol. The number of hydrogen-bond acceptors (Lipinski definition) is 4. The highest BCUT2D eigenvalue weighted by molar-refractivity contribution is 5.95. The maximum absolute atomic E-state index is 12.7. The van der Waals surface area contributed by atoms with Crippen LogP contribution in [0.25, 0.3) is 0 Å². The van der Waals surface area contributed by atoms with Crippen LogP contribution in [0.1, 0.15) is 37.0 Å². The van der Waals surface area contributed by atoms with Crippen LogP contribution >= 0.6 is 0 Å². The number of nitrogens with one attached hydrogen (secondary N) is 1. The zero-order valence-electron chi connectivity index (χ0n) is 17.4. The van der Waals surface area contributed by atoms with Gasteiger partial charge < -0.3 is 15.0 Å². The van der Waals surface area contributed by atoms with E-state index in [9.17, 15) is 9.59 Å². The van der Waals surface area contributed by atoms with E-state index in [-0.39, 0.29) is 31.0 Å². The average molecular weight is 393 g/mol. The molecule has 152 valence electrons. The number of ether oxygens (including phenoxy) is 1. The first-order valence-corrected chi connectivity index (χ1v) is 9.64. The SMILES string of the molecule is CC[C@H](C)N(CC(=O)Nc1cccc(C)c1C)C(=O)COc1ccc(C#N)cc1. The van der Waals surface area contributed by atoms with Crippen LogP contribution in [0.4, 0.5) is 5.69 Å². The lowest BCUT2D eigenvalue weighted by atomic mass is 10.1. The van der Waals surface area contributed by atoms with Crippen LogP contribution in [0.2, 0.25) is 0 Å². The second-order valence-electron chi connectivity index (χ2n) is 7.00. The number of carbonyl (C=O) groups excluding carboxylic acids is 2. The van der Waals surface area contributed by atoms with E-state index in [0.717, 1.165) is 23.2 Å². The molecule has 1 N–H and O–H groups in total. The summed E-state index contributed by atoms with van der Waals surface area (Å²) in [6.07, 6.45) is 0.722. The standard InChI is InChI=1S/C23H27N3O3/c1-5-17(3)26(14-22(27)25-21-8-6-7-16(2)18(21)4)23(28)15-29-20-11-9-19(13-24)10-12-20/h6-12,17H,5,14-15H2,1-4H3,(H,25,27)/t17-/m0/s1. The maximum atomic E-state index is 12.7. The van der Waals surface area contributed by atoms with Gasteiger partial charge in [-0.25, -0.2) is 0 Å². The first-order chi connectivity index (χ1) is 13.8. The third kappa shape index (κ3) is 6.08.